The molecule has 0 atom stereocenters. The first kappa shape index (κ1) is 36.4. The second kappa shape index (κ2) is 15.0. The largest absolute Gasteiger partial charge is 0.478 e. The van der Waals surface area contributed by atoms with Gasteiger partial charge in [0.25, 0.3) is 5.91 Å². The van der Waals surface area contributed by atoms with Crippen LogP contribution in [-0.2, 0) is 28.5 Å². The maximum Gasteiger partial charge on any atom is 0.416 e. The van der Waals surface area contributed by atoms with Gasteiger partial charge in [-0.05, 0) is 54.4 Å². The van der Waals surface area contributed by atoms with Crippen LogP contribution in [0.15, 0.2) is 54.7 Å². The molecule has 252 valence electrons. The molecule has 0 aliphatic carbocycles. The quantitative estimate of drug-likeness (QED) is 0.234. The molecule has 0 unspecified atom stereocenters. The average Bonchev–Trinajstić information content (AvgIpc) is 2.99. The van der Waals surface area contributed by atoms with Gasteiger partial charge in [-0.1, -0.05) is 0 Å². The average molecular weight is 672 g/mol. The Morgan fingerprint density at radius 2 is 1.49 bits per heavy atom. The van der Waals surface area contributed by atoms with Crippen LogP contribution in [0.4, 0.5) is 36.7 Å². The maximum atomic E-state index is 13.8. The van der Waals surface area contributed by atoms with Crippen LogP contribution in [0.3, 0.4) is 0 Å². The zero-order chi connectivity index (χ0) is 35.1. The Morgan fingerprint density at radius 3 is 1.98 bits per heavy atom. The fraction of sp³-hybridized carbons (Fsp3) is 0.300. The van der Waals surface area contributed by atoms with E-state index in [4.69, 9.17) is 10.2 Å². The minimum atomic E-state index is -5.01. The molecular formula is C30H28F7N5O5. The number of hydrogen-bond acceptors (Lipinski definition) is 7. The number of aryl methyl sites for hydroxylation is 1. The number of anilines is 1. The first-order valence-electron chi connectivity index (χ1n) is 13.6. The van der Waals surface area contributed by atoms with E-state index in [1.165, 1.54) is 31.4 Å². The van der Waals surface area contributed by atoms with Gasteiger partial charge < -0.3 is 25.3 Å². The van der Waals surface area contributed by atoms with Crippen molar-refractivity contribution < 1.29 is 55.3 Å². The molecule has 1 aliphatic rings. The Bertz CT molecular complexity index is 1610. The number of halogens is 7. The molecule has 3 aromatic rings. The fourth-order valence-electron chi connectivity index (χ4n) is 4.45. The van der Waals surface area contributed by atoms with Gasteiger partial charge in [-0.15, -0.1) is 0 Å². The number of hydrogen-bond donors (Lipinski definition) is 3. The number of alkyl halides is 6. The van der Waals surface area contributed by atoms with Crippen LogP contribution in [0, 0.1) is 12.7 Å². The van der Waals surface area contributed by atoms with E-state index in [0.29, 0.717) is 67.5 Å². The van der Waals surface area contributed by atoms with Gasteiger partial charge in [0, 0.05) is 63.7 Å². The molecule has 3 N–H and O–H groups in total. The molecular weight excluding hydrogens is 643 g/mol. The van der Waals surface area contributed by atoms with Gasteiger partial charge in [0.15, 0.2) is 0 Å². The van der Waals surface area contributed by atoms with Crippen LogP contribution in [0.2, 0.25) is 0 Å². The van der Waals surface area contributed by atoms with Crippen molar-refractivity contribution >= 4 is 23.8 Å². The van der Waals surface area contributed by atoms with Crippen LogP contribution in [0.5, 0.6) is 0 Å². The summed E-state index contributed by atoms with van der Waals surface area (Å²) in [4.78, 5) is 44.4. The summed E-state index contributed by atoms with van der Waals surface area (Å²) in [6.45, 7) is 3.67. The Morgan fingerprint density at radius 1 is 0.936 bits per heavy atom. The number of aliphatic carboxylic acids is 2. The first-order chi connectivity index (χ1) is 21.9. The number of benzene rings is 2. The third-order valence-corrected chi connectivity index (χ3v) is 6.63. The molecule has 1 saturated heterocycles. The molecule has 2 heterocycles. The summed E-state index contributed by atoms with van der Waals surface area (Å²) >= 11 is 0. The highest BCUT2D eigenvalue weighted by molar-refractivity contribution is 6.00. The minimum Gasteiger partial charge on any atom is -0.478 e. The molecule has 0 bridgehead atoms. The van der Waals surface area contributed by atoms with Gasteiger partial charge in [-0.2, -0.15) is 26.3 Å². The number of amides is 1. The molecule has 4 rings (SSSR count). The summed E-state index contributed by atoms with van der Waals surface area (Å²) in [5, 5.41) is 18.8. The molecule has 2 aromatic carbocycles. The lowest BCUT2D eigenvalue weighted by Crippen LogP contribution is -2.44. The standard InChI is InChI=1S/C26H24F7N5O.C4H4O4/c1-15-9-19(27)3-4-20(15)22-21(13-35-24(36-22)38-7-5-34-6-8-38)23(39)37(2)14-16-10-17(25(28,29)30)12-18(11-16)26(31,32)33;5-3(6)1-2-4(7)8/h3-4,9-13,34H,5-8,14H2,1-2H3;1-2H,(H,5,6)(H,7,8)/b;2-1+. The van der Waals surface area contributed by atoms with Gasteiger partial charge in [-0.3, -0.25) is 4.79 Å². The summed E-state index contributed by atoms with van der Waals surface area (Å²) in [7, 11) is 1.25. The third-order valence-electron chi connectivity index (χ3n) is 6.63. The van der Waals surface area contributed by atoms with E-state index < -0.39 is 53.7 Å². The lowest BCUT2D eigenvalue weighted by atomic mass is 10.0. The van der Waals surface area contributed by atoms with E-state index in [1.54, 1.807) is 6.92 Å². The monoisotopic (exact) mass is 671 g/mol. The summed E-state index contributed by atoms with van der Waals surface area (Å²) in [5.74, 6) is -3.41. The summed E-state index contributed by atoms with van der Waals surface area (Å²) in [6.07, 6.45) is -7.64. The van der Waals surface area contributed by atoms with Crippen LogP contribution >= 0.6 is 0 Å². The highest BCUT2D eigenvalue weighted by Gasteiger charge is 2.37. The highest BCUT2D eigenvalue weighted by atomic mass is 19.4. The number of nitrogens with one attached hydrogen (secondary N) is 1. The normalized spacial score (nSPS) is 13.6. The van der Waals surface area contributed by atoms with Gasteiger partial charge >= 0.3 is 24.3 Å². The van der Waals surface area contributed by atoms with Crippen LogP contribution < -0.4 is 10.2 Å². The van der Waals surface area contributed by atoms with Crippen LogP contribution in [-0.4, -0.2) is 76.2 Å². The number of piperazine rings is 1. The van der Waals surface area contributed by atoms with Crippen molar-refractivity contribution in [2.75, 3.05) is 38.1 Å². The zero-order valence-electron chi connectivity index (χ0n) is 24.8. The van der Waals surface area contributed by atoms with Gasteiger partial charge in [-0.25, -0.2) is 23.9 Å². The van der Waals surface area contributed by atoms with Crippen molar-refractivity contribution in [3.63, 3.8) is 0 Å². The van der Waals surface area contributed by atoms with Crippen LogP contribution in [0.1, 0.15) is 32.6 Å². The van der Waals surface area contributed by atoms with Crippen molar-refractivity contribution in [1.82, 2.24) is 20.2 Å². The summed E-state index contributed by atoms with van der Waals surface area (Å²) in [6, 6.07) is 5.11. The summed E-state index contributed by atoms with van der Waals surface area (Å²) < 4.78 is 93.6. The predicted molar refractivity (Wildman–Crippen MR) is 154 cm³/mol. The fourth-order valence-corrected chi connectivity index (χ4v) is 4.45. The minimum absolute atomic E-state index is 0.0312. The predicted octanol–water partition coefficient (Wildman–Crippen LogP) is 5.02. The van der Waals surface area contributed by atoms with E-state index in [1.807, 2.05) is 4.90 Å². The molecule has 17 heteroatoms. The number of carbonyl (C=O) groups excluding carboxylic acids is 1. The molecule has 1 amide bonds. The van der Waals surface area contributed by atoms with Crippen molar-refractivity contribution in [1.29, 1.82) is 0 Å². The number of aromatic nitrogens is 2. The van der Waals surface area contributed by atoms with Crippen molar-refractivity contribution in [3.8, 4) is 11.3 Å². The van der Waals surface area contributed by atoms with Gasteiger partial charge in [0.05, 0.1) is 22.4 Å². The number of nitrogens with zero attached hydrogens (tertiary/aromatic N) is 4. The van der Waals surface area contributed by atoms with E-state index >= 15 is 0 Å². The maximum absolute atomic E-state index is 13.8. The number of carboxylic acid groups (broad SMARTS) is 2. The molecule has 10 nitrogen and oxygen atoms in total. The SMILES string of the molecule is Cc1cc(F)ccc1-c1nc(N2CCNCC2)ncc1C(=O)N(C)Cc1cc(C(F)(F)F)cc(C(F)(F)F)c1.O=C(O)/C=C/C(=O)O. The highest BCUT2D eigenvalue weighted by Crippen LogP contribution is 2.37. The number of carboxylic acids is 2. The molecule has 47 heavy (non-hydrogen) atoms. The second-order valence-corrected chi connectivity index (χ2v) is 10.2. The first-order valence-corrected chi connectivity index (χ1v) is 13.6. The Kier molecular flexibility index (Phi) is 11.6. The number of carbonyl (C=O) groups is 3. The van der Waals surface area contributed by atoms with Gasteiger partial charge in [0.2, 0.25) is 5.95 Å². The van der Waals surface area contributed by atoms with Crippen molar-refractivity contribution in [2.45, 2.75) is 25.8 Å². The van der Waals surface area contributed by atoms with E-state index in [9.17, 15) is 45.1 Å². The topological polar surface area (TPSA) is 136 Å². The molecule has 0 saturated carbocycles. The van der Waals surface area contributed by atoms with E-state index in [-0.39, 0.29) is 22.9 Å². The molecule has 1 fully saturated rings. The Labute approximate surface area is 263 Å². The molecule has 1 aliphatic heterocycles. The van der Waals surface area contributed by atoms with E-state index in [0.717, 1.165) is 4.90 Å². The Hall–Kier alpha value is -5.06. The molecule has 0 radical (unpaired) electrons. The van der Waals surface area contributed by atoms with E-state index in [2.05, 4.69) is 15.3 Å². The zero-order valence-corrected chi connectivity index (χ0v) is 24.8. The Balaban J connectivity index is 0.000000665. The van der Waals surface area contributed by atoms with Crippen molar-refractivity contribution in [2.24, 2.45) is 0 Å². The molecule has 1 aromatic heterocycles. The summed E-state index contributed by atoms with van der Waals surface area (Å²) in [5.41, 5.74) is -2.25. The van der Waals surface area contributed by atoms with Crippen molar-refractivity contribution in [3.05, 3.63) is 88.4 Å². The third kappa shape index (κ3) is 10.2. The smallest absolute Gasteiger partial charge is 0.416 e. The lowest BCUT2D eigenvalue weighted by Gasteiger charge is -2.28. The van der Waals surface area contributed by atoms with Crippen LogP contribution in [0.25, 0.3) is 11.3 Å². The van der Waals surface area contributed by atoms with Gasteiger partial charge in [0.1, 0.15) is 5.82 Å². The number of rotatable bonds is 7. The lowest BCUT2D eigenvalue weighted by molar-refractivity contribution is -0.143. The molecule has 0 spiro atoms. The second-order valence-electron chi connectivity index (χ2n) is 10.2.